The second-order valence-electron chi connectivity index (χ2n) is 3.44. The molecule has 0 unspecified atom stereocenters. The number of carbonyl (C=O) groups is 1. The van der Waals surface area contributed by atoms with Crippen LogP contribution in [-0.2, 0) is 17.1 Å². The minimum atomic E-state index is -4.81. The van der Waals surface area contributed by atoms with Gasteiger partial charge in [-0.05, 0) is 0 Å². The van der Waals surface area contributed by atoms with Crippen molar-refractivity contribution in [3.63, 3.8) is 0 Å². The van der Waals surface area contributed by atoms with Crippen molar-refractivity contribution >= 4 is 33.3 Å². The Morgan fingerprint density at radius 1 is 1.33 bits per heavy atom. The Balaban J connectivity index is 3.12. The molecule has 0 saturated carbocycles. The molecule has 1 rings (SSSR count). The van der Waals surface area contributed by atoms with Gasteiger partial charge in [0.15, 0.2) is 0 Å². The highest BCUT2D eigenvalue weighted by Gasteiger charge is 2.33. The quantitative estimate of drug-likeness (QED) is 0.758. The molecule has 100 valence electrons. The van der Waals surface area contributed by atoms with E-state index in [9.17, 15) is 18.0 Å². The first-order chi connectivity index (χ1) is 8.37. The first-order valence-electron chi connectivity index (χ1n) is 4.87. The number of rotatable bonds is 5. The average Bonchev–Trinajstić information content (AvgIpc) is 2.29. The minimum absolute atomic E-state index is 0.0730. The summed E-state index contributed by atoms with van der Waals surface area (Å²) in [4.78, 5) is 11.3. The fraction of sp³-hybridized carbons (Fsp3) is 0.364. The molecule has 0 aromatic heterocycles. The summed E-state index contributed by atoms with van der Waals surface area (Å²) in [6.45, 7) is 0. The summed E-state index contributed by atoms with van der Waals surface area (Å²) in [6, 6.07) is 4.38. The van der Waals surface area contributed by atoms with Crippen LogP contribution in [0.2, 0.25) is 0 Å². The van der Waals surface area contributed by atoms with Crippen LogP contribution in [0.15, 0.2) is 18.2 Å². The highest BCUT2D eigenvalue weighted by molar-refractivity contribution is 9.09. The predicted octanol–water partition coefficient (Wildman–Crippen LogP) is 3.83. The number of hydrogen-bond donors (Lipinski definition) is 0. The van der Waals surface area contributed by atoms with Crippen molar-refractivity contribution in [3.05, 3.63) is 29.3 Å². The summed E-state index contributed by atoms with van der Waals surface area (Å²) >= 11 is 8.52. The van der Waals surface area contributed by atoms with Crippen molar-refractivity contribution < 1.29 is 22.7 Å². The normalized spacial score (nSPS) is 11.4. The second kappa shape index (κ2) is 6.43. The van der Waals surface area contributed by atoms with Crippen molar-refractivity contribution in [1.82, 2.24) is 0 Å². The summed E-state index contributed by atoms with van der Waals surface area (Å²) in [5.41, 5.74) is 0.379. The average molecular weight is 346 g/mol. The Morgan fingerprint density at radius 2 is 1.94 bits per heavy atom. The zero-order chi connectivity index (χ0) is 13.8. The monoisotopic (exact) mass is 344 g/mol. The molecule has 0 atom stereocenters. The van der Waals surface area contributed by atoms with Gasteiger partial charge in [-0.3, -0.25) is 4.79 Å². The molecule has 0 amide bonds. The zero-order valence-corrected chi connectivity index (χ0v) is 11.4. The summed E-state index contributed by atoms with van der Waals surface area (Å²) in [7, 11) is 0. The van der Waals surface area contributed by atoms with Gasteiger partial charge < -0.3 is 4.74 Å². The second-order valence-corrected chi connectivity index (χ2v) is 4.26. The van der Waals surface area contributed by atoms with Crippen molar-refractivity contribution in [2.45, 2.75) is 18.7 Å². The molecule has 0 spiro atoms. The summed E-state index contributed by atoms with van der Waals surface area (Å²) < 4.78 is 40.8. The van der Waals surface area contributed by atoms with E-state index in [4.69, 9.17) is 11.6 Å². The van der Waals surface area contributed by atoms with Gasteiger partial charge in [-0.25, -0.2) is 0 Å². The Kier molecular flexibility index (Phi) is 5.47. The van der Waals surface area contributed by atoms with Crippen LogP contribution in [0, 0.1) is 0 Å². The third kappa shape index (κ3) is 4.49. The van der Waals surface area contributed by atoms with E-state index in [1.165, 1.54) is 18.2 Å². The minimum Gasteiger partial charge on any atom is -0.405 e. The van der Waals surface area contributed by atoms with E-state index in [0.29, 0.717) is 0 Å². The van der Waals surface area contributed by atoms with E-state index < -0.39 is 6.36 Å². The van der Waals surface area contributed by atoms with Crippen molar-refractivity contribution in [1.29, 1.82) is 0 Å². The lowest BCUT2D eigenvalue weighted by Gasteiger charge is -2.15. The number of ether oxygens (including phenoxy) is 1. The Labute approximate surface area is 115 Å². The number of ketones is 1. The van der Waals surface area contributed by atoms with Crippen molar-refractivity contribution in [3.8, 4) is 5.75 Å². The summed E-state index contributed by atoms with van der Waals surface area (Å²) in [5.74, 6) is -0.745. The summed E-state index contributed by atoms with van der Waals surface area (Å²) in [6.07, 6.45) is -4.95. The van der Waals surface area contributed by atoms with Crippen LogP contribution in [0.25, 0.3) is 0 Å². The zero-order valence-electron chi connectivity index (χ0n) is 9.06. The third-order valence-electron chi connectivity index (χ3n) is 2.08. The number of halogens is 5. The predicted molar refractivity (Wildman–Crippen MR) is 65.2 cm³/mol. The number of alkyl halides is 5. The van der Waals surface area contributed by atoms with Gasteiger partial charge in [0.25, 0.3) is 0 Å². The first kappa shape index (κ1) is 15.3. The van der Waals surface area contributed by atoms with Gasteiger partial charge in [0.1, 0.15) is 11.5 Å². The molecular formula is C11H9BrClF3O2. The molecule has 1 aromatic carbocycles. The van der Waals surface area contributed by atoms with Crippen LogP contribution in [0.4, 0.5) is 13.2 Å². The van der Waals surface area contributed by atoms with Crippen molar-refractivity contribution in [2.75, 3.05) is 5.33 Å². The van der Waals surface area contributed by atoms with Crippen LogP contribution >= 0.6 is 27.5 Å². The first-order valence-corrected chi connectivity index (χ1v) is 6.53. The lowest BCUT2D eigenvalue weighted by Crippen LogP contribution is -2.20. The summed E-state index contributed by atoms with van der Waals surface area (Å²) in [5, 5.41) is 0.0730. The number of hydrogen-bond acceptors (Lipinski definition) is 2. The van der Waals surface area contributed by atoms with Crippen molar-refractivity contribution in [2.24, 2.45) is 0 Å². The van der Waals surface area contributed by atoms with E-state index in [2.05, 4.69) is 20.7 Å². The molecule has 0 bridgehead atoms. The highest BCUT2D eigenvalue weighted by Crippen LogP contribution is 2.31. The molecule has 0 aliphatic heterocycles. The topological polar surface area (TPSA) is 26.3 Å². The number of Topliss-reactive ketones (excluding diaryl/α,β-unsaturated/α-hetero) is 1. The molecule has 0 fully saturated rings. The molecule has 0 aliphatic carbocycles. The molecule has 7 heteroatoms. The molecule has 0 aliphatic rings. The molecule has 0 N–H and O–H groups in total. The van der Waals surface area contributed by atoms with Crippen LogP contribution in [-0.4, -0.2) is 17.5 Å². The smallest absolute Gasteiger partial charge is 0.405 e. The molecular weight excluding hydrogens is 336 g/mol. The van der Waals surface area contributed by atoms with E-state index >= 15 is 0 Å². The number of para-hydroxylation sites is 1. The van der Waals surface area contributed by atoms with E-state index in [1.54, 1.807) is 0 Å². The lowest BCUT2D eigenvalue weighted by molar-refractivity contribution is -0.275. The Bertz CT molecular complexity index is 435. The van der Waals surface area contributed by atoms with Gasteiger partial charge in [-0.1, -0.05) is 34.1 Å². The molecule has 1 aromatic rings. The highest BCUT2D eigenvalue weighted by atomic mass is 79.9. The maximum absolute atomic E-state index is 12.3. The largest absolute Gasteiger partial charge is 0.573 e. The van der Waals surface area contributed by atoms with Crippen LogP contribution < -0.4 is 4.74 Å². The number of carbonyl (C=O) groups excluding carboxylic acids is 1. The third-order valence-corrected chi connectivity index (χ3v) is 2.99. The van der Waals surface area contributed by atoms with E-state index in [0.717, 1.165) is 0 Å². The van der Waals surface area contributed by atoms with Crippen LogP contribution in [0.1, 0.15) is 11.1 Å². The van der Waals surface area contributed by atoms with Crippen LogP contribution in [0.3, 0.4) is 0 Å². The van der Waals surface area contributed by atoms with Gasteiger partial charge in [0.05, 0.1) is 11.2 Å². The lowest BCUT2D eigenvalue weighted by atomic mass is 10.1. The fourth-order valence-corrected chi connectivity index (χ4v) is 1.80. The van der Waals surface area contributed by atoms with Gasteiger partial charge in [0.2, 0.25) is 0 Å². The molecule has 0 heterocycles. The van der Waals surface area contributed by atoms with Gasteiger partial charge in [-0.2, -0.15) is 0 Å². The SMILES string of the molecule is O=C(CBr)Cc1cccc(CCl)c1OC(F)(F)F. The van der Waals surface area contributed by atoms with Gasteiger partial charge in [0, 0.05) is 17.5 Å². The standard InChI is InChI=1S/C11H9BrClF3O2/c12-5-9(17)4-7-2-1-3-8(6-13)10(7)18-11(14,15)16/h1-3H,4-6H2. The Morgan fingerprint density at radius 3 is 2.44 bits per heavy atom. The van der Waals surface area contributed by atoms with Gasteiger partial charge in [-0.15, -0.1) is 24.8 Å². The van der Waals surface area contributed by atoms with Crippen LogP contribution in [0.5, 0.6) is 5.75 Å². The maximum atomic E-state index is 12.3. The Hall–Kier alpha value is -0.750. The molecule has 0 radical (unpaired) electrons. The fourth-order valence-electron chi connectivity index (χ4n) is 1.39. The van der Waals surface area contributed by atoms with E-state index in [1.807, 2.05) is 0 Å². The molecule has 18 heavy (non-hydrogen) atoms. The molecule has 0 saturated heterocycles. The maximum Gasteiger partial charge on any atom is 0.573 e. The molecule has 2 nitrogen and oxygen atoms in total. The van der Waals surface area contributed by atoms with E-state index in [-0.39, 0.29) is 40.3 Å². The van der Waals surface area contributed by atoms with Gasteiger partial charge >= 0.3 is 6.36 Å². The number of benzene rings is 1.